The van der Waals surface area contributed by atoms with Gasteiger partial charge in [0.2, 0.25) is 5.91 Å². The van der Waals surface area contributed by atoms with Crippen LogP contribution in [0.15, 0.2) is 29.6 Å². The van der Waals surface area contributed by atoms with Crippen LogP contribution in [0.25, 0.3) is 10.1 Å². The van der Waals surface area contributed by atoms with Crippen LogP contribution >= 0.6 is 11.3 Å². The highest BCUT2D eigenvalue weighted by molar-refractivity contribution is 7.17. The van der Waals surface area contributed by atoms with Gasteiger partial charge >= 0.3 is 0 Å². The Bertz CT molecular complexity index is 596. The lowest BCUT2D eigenvalue weighted by atomic mass is 10.1. The summed E-state index contributed by atoms with van der Waals surface area (Å²) in [6.45, 7) is 2.56. The monoisotopic (exact) mass is 276 g/mol. The molecule has 0 saturated carbocycles. The Hall–Kier alpha value is -1.43. The smallest absolute Gasteiger partial charge is 0.237 e. The fraction of sp³-hybridized carbons (Fsp3) is 0.357. The Morgan fingerprint density at radius 2 is 2.32 bits per heavy atom. The van der Waals surface area contributed by atoms with E-state index in [4.69, 9.17) is 10.5 Å². The molecule has 1 atom stereocenters. The summed E-state index contributed by atoms with van der Waals surface area (Å²) in [5, 5.41) is 3.43. The standard InChI is InChI=1S/C14H16N2O2S/c15-14(17)12-8-18-6-5-16(12)7-10-9-19-13-4-2-1-3-11(10)13/h1-4,9,12H,5-8H2,(H2,15,17). The topological polar surface area (TPSA) is 55.6 Å². The van der Waals surface area contributed by atoms with E-state index in [0.717, 1.165) is 13.1 Å². The minimum atomic E-state index is -0.313. The number of benzene rings is 1. The van der Waals surface area contributed by atoms with Gasteiger partial charge in [-0.3, -0.25) is 9.69 Å². The zero-order chi connectivity index (χ0) is 13.2. The van der Waals surface area contributed by atoms with Gasteiger partial charge in [-0.15, -0.1) is 11.3 Å². The zero-order valence-corrected chi connectivity index (χ0v) is 11.4. The van der Waals surface area contributed by atoms with E-state index in [-0.39, 0.29) is 11.9 Å². The van der Waals surface area contributed by atoms with Gasteiger partial charge < -0.3 is 10.5 Å². The van der Waals surface area contributed by atoms with E-state index in [9.17, 15) is 4.79 Å². The number of hydrogen-bond donors (Lipinski definition) is 1. The van der Waals surface area contributed by atoms with Crippen molar-refractivity contribution >= 4 is 27.3 Å². The van der Waals surface area contributed by atoms with Crippen molar-refractivity contribution in [1.82, 2.24) is 4.90 Å². The van der Waals surface area contributed by atoms with Crippen LogP contribution in [0.3, 0.4) is 0 Å². The molecule has 0 aliphatic carbocycles. The van der Waals surface area contributed by atoms with Crippen molar-refractivity contribution in [2.45, 2.75) is 12.6 Å². The first-order chi connectivity index (χ1) is 9.25. The Balaban J connectivity index is 1.85. The molecule has 1 amide bonds. The average Bonchev–Trinajstić information content (AvgIpc) is 2.83. The molecule has 1 aromatic carbocycles. The van der Waals surface area contributed by atoms with E-state index in [0.29, 0.717) is 13.2 Å². The molecule has 100 valence electrons. The molecule has 1 aliphatic rings. The Morgan fingerprint density at radius 1 is 1.47 bits per heavy atom. The minimum Gasteiger partial charge on any atom is -0.378 e. The van der Waals surface area contributed by atoms with Gasteiger partial charge in [0.15, 0.2) is 0 Å². The van der Waals surface area contributed by atoms with Gasteiger partial charge in [-0.25, -0.2) is 0 Å². The summed E-state index contributed by atoms with van der Waals surface area (Å²) in [6, 6.07) is 8.02. The molecule has 1 aliphatic heterocycles. The van der Waals surface area contributed by atoms with Gasteiger partial charge in [0.25, 0.3) is 0 Å². The maximum atomic E-state index is 11.5. The van der Waals surface area contributed by atoms with Crippen LogP contribution in [-0.4, -0.2) is 36.6 Å². The maximum Gasteiger partial charge on any atom is 0.237 e. The minimum absolute atomic E-state index is 0.306. The summed E-state index contributed by atoms with van der Waals surface area (Å²) in [6.07, 6.45) is 0. The molecule has 5 heteroatoms. The molecular weight excluding hydrogens is 260 g/mol. The number of carbonyl (C=O) groups is 1. The van der Waals surface area contributed by atoms with Gasteiger partial charge in [-0.1, -0.05) is 18.2 Å². The SMILES string of the molecule is NC(=O)C1COCCN1Cc1csc2ccccc12. The molecule has 3 rings (SSSR count). The molecule has 4 nitrogen and oxygen atoms in total. The lowest BCUT2D eigenvalue weighted by molar-refractivity contribution is -0.129. The van der Waals surface area contributed by atoms with Gasteiger partial charge in [-0.2, -0.15) is 0 Å². The van der Waals surface area contributed by atoms with Gasteiger partial charge in [-0.05, 0) is 22.4 Å². The molecule has 0 radical (unpaired) electrons. The van der Waals surface area contributed by atoms with Crippen molar-refractivity contribution in [3.63, 3.8) is 0 Å². The summed E-state index contributed by atoms with van der Waals surface area (Å²) in [7, 11) is 0. The predicted molar refractivity (Wildman–Crippen MR) is 76.0 cm³/mol. The molecule has 0 spiro atoms. The van der Waals surface area contributed by atoms with Crippen LogP contribution in [0.5, 0.6) is 0 Å². The molecule has 1 unspecified atom stereocenters. The molecule has 2 N–H and O–H groups in total. The second kappa shape index (κ2) is 5.28. The van der Waals surface area contributed by atoms with Crippen LogP contribution < -0.4 is 5.73 Å². The average molecular weight is 276 g/mol. The van der Waals surface area contributed by atoms with Crippen LogP contribution in [0.2, 0.25) is 0 Å². The van der Waals surface area contributed by atoms with Crippen LogP contribution in [0, 0.1) is 0 Å². The lowest BCUT2D eigenvalue weighted by Crippen LogP contribution is -2.51. The highest BCUT2D eigenvalue weighted by atomic mass is 32.1. The van der Waals surface area contributed by atoms with Crippen molar-refractivity contribution in [2.75, 3.05) is 19.8 Å². The molecule has 1 aromatic heterocycles. The number of morpholine rings is 1. The quantitative estimate of drug-likeness (QED) is 0.926. The van der Waals surface area contributed by atoms with Crippen LogP contribution in [-0.2, 0) is 16.1 Å². The summed E-state index contributed by atoms with van der Waals surface area (Å²) in [4.78, 5) is 13.6. The zero-order valence-electron chi connectivity index (χ0n) is 10.5. The largest absolute Gasteiger partial charge is 0.378 e. The van der Waals surface area contributed by atoms with Gasteiger partial charge in [0.1, 0.15) is 6.04 Å². The van der Waals surface area contributed by atoms with Crippen molar-refractivity contribution in [3.8, 4) is 0 Å². The molecule has 1 fully saturated rings. The van der Waals surface area contributed by atoms with Crippen molar-refractivity contribution in [1.29, 1.82) is 0 Å². The van der Waals surface area contributed by atoms with Crippen molar-refractivity contribution in [3.05, 3.63) is 35.2 Å². The first kappa shape index (κ1) is 12.6. The first-order valence-corrected chi connectivity index (χ1v) is 7.20. The highest BCUT2D eigenvalue weighted by Gasteiger charge is 2.28. The Labute approximate surface area is 115 Å². The van der Waals surface area contributed by atoms with E-state index in [1.807, 2.05) is 12.1 Å². The number of nitrogens with two attached hydrogens (primary N) is 1. The summed E-state index contributed by atoms with van der Waals surface area (Å²) in [5.41, 5.74) is 6.70. The van der Waals surface area contributed by atoms with Crippen molar-refractivity contribution in [2.24, 2.45) is 5.73 Å². The Kier molecular flexibility index (Phi) is 3.50. The second-order valence-electron chi connectivity index (χ2n) is 4.72. The third-order valence-electron chi connectivity index (χ3n) is 3.50. The number of hydrogen-bond acceptors (Lipinski definition) is 4. The molecule has 1 saturated heterocycles. The van der Waals surface area contributed by atoms with E-state index >= 15 is 0 Å². The second-order valence-corrected chi connectivity index (χ2v) is 5.63. The third-order valence-corrected chi connectivity index (χ3v) is 4.51. The van der Waals surface area contributed by atoms with Gasteiger partial charge in [0, 0.05) is 17.8 Å². The number of nitrogens with zero attached hydrogens (tertiary/aromatic N) is 1. The van der Waals surface area contributed by atoms with E-state index < -0.39 is 0 Å². The fourth-order valence-electron chi connectivity index (χ4n) is 2.46. The number of primary amides is 1. The number of carbonyl (C=O) groups excluding carboxylic acids is 1. The van der Waals surface area contributed by atoms with E-state index in [1.54, 1.807) is 11.3 Å². The molecule has 0 bridgehead atoms. The number of thiophene rings is 1. The third kappa shape index (κ3) is 2.49. The summed E-state index contributed by atoms with van der Waals surface area (Å²) in [5.74, 6) is -0.306. The van der Waals surface area contributed by atoms with E-state index in [1.165, 1.54) is 15.6 Å². The summed E-state index contributed by atoms with van der Waals surface area (Å²) < 4.78 is 6.62. The predicted octanol–water partition coefficient (Wildman–Crippen LogP) is 1.59. The molecular formula is C14H16N2O2S. The van der Waals surface area contributed by atoms with Crippen molar-refractivity contribution < 1.29 is 9.53 Å². The van der Waals surface area contributed by atoms with Crippen LogP contribution in [0.1, 0.15) is 5.56 Å². The molecule has 19 heavy (non-hydrogen) atoms. The van der Waals surface area contributed by atoms with Crippen LogP contribution in [0.4, 0.5) is 0 Å². The molecule has 2 heterocycles. The summed E-state index contributed by atoms with van der Waals surface area (Å²) >= 11 is 1.74. The number of fused-ring (bicyclic) bond motifs is 1. The molecule has 2 aromatic rings. The number of amides is 1. The number of ether oxygens (including phenoxy) is 1. The first-order valence-electron chi connectivity index (χ1n) is 6.32. The number of rotatable bonds is 3. The normalized spacial score (nSPS) is 20.7. The van der Waals surface area contributed by atoms with E-state index in [2.05, 4.69) is 22.4 Å². The maximum absolute atomic E-state index is 11.5. The lowest BCUT2D eigenvalue weighted by Gasteiger charge is -2.33. The van der Waals surface area contributed by atoms with Gasteiger partial charge in [0.05, 0.1) is 13.2 Å². The highest BCUT2D eigenvalue weighted by Crippen LogP contribution is 2.27. The fourth-order valence-corrected chi connectivity index (χ4v) is 3.42. The Morgan fingerprint density at radius 3 is 3.16 bits per heavy atom.